The zero-order chi connectivity index (χ0) is 16.8. The molecule has 0 bridgehead atoms. The molecule has 22 heavy (non-hydrogen) atoms. The predicted octanol–water partition coefficient (Wildman–Crippen LogP) is 2.03. The molecule has 0 spiro atoms. The van der Waals surface area contributed by atoms with E-state index in [2.05, 4.69) is 15.6 Å². The molecule has 0 aliphatic rings. The highest BCUT2D eigenvalue weighted by molar-refractivity contribution is 5.90. The van der Waals surface area contributed by atoms with Gasteiger partial charge in [0.2, 0.25) is 11.8 Å². The Kier molecular flexibility index (Phi) is 6.34. The van der Waals surface area contributed by atoms with E-state index in [1.807, 2.05) is 51.9 Å². The van der Waals surface area contributed by atoms with Crippen molar-refractivity contribution < 1.29 is 9.59 Å². The number of amides is 2. The molecule has 0 unspecified atom stereocenters. The first-order chi connectivity index (χ1) is 10.2. The zero-order valence-corrected chi connectivity index (χ0v) is 14.1. The smallest absolute Gasteiger partial charge is 0.225 e. The van der Waals surface area contributed by atoms with E-state index in [0.717, 1.165) is 5.82 Å². The van der Waals surface area contributed by atoms with Gasteiger partial charge in [0.25, 0.3) is 0 Å². The molecule has 0 fully saturated rings. The fraction of sp³-hybridized carbons (Fsp3) is 0.562. The number of hydrogen-bond donors (Lipinski definition) is 2. The van der Waals surface area contributed by atoms with E-state index in [1.54, 1.807) is 6.20 Å². The van der Waals surface area contributed by atoms with Crippen LogP contribution in [-0.2, 0) is 9.59 Å². The molecule has 0 saturated carbocycles. The largest absolute Gasteiger partial charge is 0.363 e. The molecular weight excluding hydrogens is 280 g/mol. The van der Waals surface area contributed by atoms with Crippen molar-refractivity contribution in [1.29, 1.82) is 0 Å². The highest BCUT2D eigenvalue weighted by Crippen LogP contribution is 2.13. The third-order valence-corrected chi connectivity index (χ3v) is 3.04. The van der Waals surface area contributed by atoms with Crippen LogP contribution in [0.4, 0.5) is 11.5 Å². The van der Waals surface area contributed by atoms with Gasteiger partial charge in [0.1, 0.15) is 5.82 Å². The summed E-state index contributed by atoms with van der Waals surface area (Å²) in [5.74, 6) is 0.753. The molecule has 2 amide bonds. The number of pyridine rings is 1. The molecule has 1 aromatic rings. The van der Waals surface area contributed by atoms with Crippen molar-refractivity contribution >= 4 is 23.3 Å². The van der Waals surface area contributed by atoms with Gasteiger partial charge in [0.05, 0.1) is 11.9 Å². The Morgan fingerprint density at radius 2 is 1.91 bits per heavy atom. The van der Waals surface area contributed by atoms with E-state index in [-0.39, 0.29) is 11.8 Å². The summed E-state index contributed by atoms with van der Waals surface area (Å²) in [5, 5.41) is 5.62. The second-order valence-electron chi connectivity index (χ2n) is 6.46. The van der Waals surface area contributed by atoms with Gasteiger partial charge in [-0.2, -0.15) is 0 Å². The van der Waals surface area contributed by atoms with Gasteiger partial charge in [-0.15, -0.1) is 0 Å². The lowest BCUT2D eigenvalue weighted by atomic mass is 9.96. The monoisotopic (exact) mass is 306 g/mol. The van der Waals surface area contributed by atoms with Gasteiger partial charge < -0.3 is 15.5 Å². The number of hydrogen-bond acceptors (Lipinski definition) is 4. The molecule has 0 saturated heterocycles. The summed E-state index contributed by atoms with van der Waals surface area (Å²) in [7, 11) is 3.82. The quantitative estimate of drug-likeness (QED) is 0.789. The van der Waals surface area contributed by atoms with E-state index in [0.29, 0.717) is 25.1 Å². The van der Waals surface area contributed by atoms with Crippen molar-refractivity contribution in [2.24, 2.45) is 5.41 Å². The average molecular weight is 306 g/mol. The Labute approximate surface area is 132 Å². The normalized spacial score (nSPS) is 11.0. The van der Waals surface area contributed by atoms with Crippen molar-refractivity contribution in [2.75, 3.05) is 30.9 Å². The summed E-state index contributed by atoms with van der Waals surface area (Å²) in [4.78, 5) is 29.6. The van der Waals surface area contributed by atoms with E-state index in [9.17, 15) is 9.59 Å². The highest BCUT2D eigenvalue weighted by Gasteiger charge is 2.20. The summed E-state index contributed by atoms with van der Waals surface area (Å²) in [5.41, 5.74) is 0.275. The Morgan fingerprint density at radius 3 is 2.41 bits per heavy atom. The van der Waals surface area contributed by atoms with Crippen molar-refractivity contribution in [3.8, 4) is 0 Å². The molecule has 0 atom stereocenters. The summed E-state index contributed by atoms with van der Waals surface area (Å²) < 4.78 is 0. The fourth-order valence-corrected chi connectivity index (χ4v) is 1.66. The first-order valence-corrected chi connectivity index (χ1v) is 7.41. The highest BCUT2D eigenvalue weighted by atomic mass is 16.2. The number of anilines is 2. The summed E-state index contributed by atoms with van der Waals surface area (Å²) in [6.45, 7) is 6.08. The molecule has 1 aromatic heterocycles. The minimum atomic E-state index is -0.401. The fourth-order valence-electron chi connectivity index (χ4n) is 1.66. The third-order valence-electron chi connectivity index (χ3n) is 3.04. The Bertz CT molecular complexity index is 504. The standard InChI is InChI=1S/C16H26N4O2/c1-16(2,3)15(22)17-10-6-7-14(21)19-12-8-9-13(18-11-12)20(4)5/h8-9,11H,6-7,10H2,1-5H3,(H,17,22)(H,19,21). The minimum Gasteiger partial charge on any atom is -0.363 e. The number of aromatic nitrogens is 1. The second kappa shape index (κ2) is 7.77. The number of carbonyl (C=O) groups excluding carboxylic acids is 2. The van der Waals surface area contributed by atoms with Crippen molar-refractivity contribution in [1.82, 2.24) is 10.3 Å². The SMILES string of the molecule is CN(C)c1ccc(NC(=O)CCCNC(=O)C(C)(C)C)cn1. The van der Waals surface area contributed by atoms with Crippen LogP contribution in [0.5, 0.6) is 0 Å². The minimum absolute atomic E-state index is 0.00335. The first kappa shape index (κ1) is 17.9. The Balaban J connectivity index is 2.30. The molecule has 122 valence electrons. The maximum absolute atomic E-state index is 11.8. The van der Waals surface area contributed by atoms with E-state index in [1.165, 1.54) is 0 Å². The van der Waals surface area contributed by atoms with Gasteiger partial charge in [0, 0.05) is 32.5 Å². The molecule has 0 aromatic carbocycles. The average Bonchev–Trinajstić information content (AvgIpc) is 2.42. The number of nitrogens with zero attached hydrogens (tertiary/aromatic N) is 2. The molecule has 1 rings (SSSR count). The number of rotatable bonds is 6. The van der Waals surface area contributed by atoms with Crippen LogP contribution in [0.3, 0.4) is 0 Å². The van der Waals surface area contributed by atoms with Crippen LogP contribution < -0.4 is 15.5 Å². The number of nitrogens with one attached hydrogen (secondary N) is 2. The lowest BCUT2D eigenvalue weighted by Crippen LogP contribution is -2.35. The molecule has 0 radical (unpaired) electrons. The summed E-state index contributed by atoms with van der Waals surface area (Å²) in [6, 6.07) is 3.67. The van der Waals surface area contributed by atoms with Crippen LogP contribution in [0.25, 0.3) is 0 Å². The van der Waals surface area contributed by atoms with Crippen LogP contribution >= 0.6 is 0 Å². The second-order valence-corrected chi connectivity index (χ2v) is 6.46. The van der Waals surface area contributed by atoms with Crippen LogP contribution in [0.1, 0.15) is 33.6 Å². The molecular formula is C16H26N4O2. The van der Waals surface area contributed by atoms with Gasteiger partial charge in [-0.25, -0.2) is 4.98 Å². The van der Waals surface area contributed by atoms with Crippen molar-refractivity contribution in [3.63, 3.8) is 0 Å². The zero-order valence-electron chi connectivity index (χ0n) is 14.1. The van der Waals surface area contributed by atoms with E-state index < -0.39 is 5.41 Å². The summed E-state index contributed by atoms with van der Waals surface area (Å²) >= 11 is 0. The Hall–Kier alpha value is -2.11. The van der Waals surface area contributed by atoms with Gasteiger partial charge in [0.15, 0.2) is 0 Å². The lowest BCUT2D eigenvalue weighted by molar-refractivity contribution is -0.128. The van der Waals surface area contributed by atoms with Crippen LogP contribution in [0, 0.1) is 5.41 Å². The lowest BCUT2D eigenvalue weighted by Gasteiger charge is -2.17. The third kappa shape index (κ3) is 6.11. The van der Waals surface area contributed by atoms with Gasteiger partial charge >= 0.3 is 0 Å². The van der Waals surface area contributed by atoms with E-state index in [4.69, 9.17) is 0 Å². The molecule has 1 heterocycles. The topological polar surface area (TPSA) is 74.3 Å². The van der Waals surface area contributed by atoms with Gasteiger partial charge in [-0.05, 0) is 18.6 Å². The molecule has 6 heteroatoms. The van der Waals surface area contributed by atoms with Crippen LogP contribution in [-0.4, -0.2) is 37.4 Å². The predicted molar refractivity (Wildman–Crippen MR) is 88.9 cm³/mol. The molecule has 2 N–H and O–H groups in total. The summed E-state index contributed by atoms with van der Waals surface area (Å²) in [6.07, 6.45) is 2.60. The molecule has 0 aliphatic heterocycles. The van der Waals surface area contributed by atoms with Gasteiger partial charge in [-0.3, -0.25) is 9.59 Å². The Morgan fingerprint density at radius 1 is 1.23 bits per heavy atom. The van der Waals surface area contributed by atoms with E-state index >= 15 is 0 Å². The number of carbonyl (C=O) groups is 2. The van der Waals surface area contributed by atoms with Crippen LogP contribution in [0.15, 0.2) is 18.3 Å². The van der Waals surface area contributed by atoms with Crippen LogP contribution in [0.2, 0.25) is 0 Å². The first-order valence-electron chi connectivity index (χ1n) is 7.41. The molecule has 6 nitrogen and oxygen atoms in total. The van der Waals surface area contributed by atoms with Crippen molar-refractivity contribution in [2.45, 2.75) is 33.6 Å². The molecule has 0 aliphatic carbocycles. The van der Waals surface area contributed by atoms with Crippen molar-refractivity contribution in [3.05, 3.63) is 18.3 Å². The van der Waals surface area contributed by atoms with Gasteiger partial charge in [-0.1, -0.05) is 20.8 Å². The maximum Gasteiger partial charge on any atom is 0.225 e. The maximum atomic E-state index is 11.8.